The second-order valence-electron chi connectivity index (χ2n) is 1.23. The van der Waals surface area contributed by atoms with Crippen LogP contribution in [0.2, 0.25) is 0 Å². The minimum absolute atomic E-state index is 1.01. The van der Waals surface area contributed by atoms with Crippen LogP contribution in [0.15, 0.2) is 0 Å². The lowest BCUT2D eigenvalue weighted by atomic mass is 10.6. The van der Waals surface area contributed by atoms with Crippen LogP contribution < -0.4 is 4.49 Å². The second-order valence-corrected chi connectivity index (χ2v) is 3.60. The summed E-state index contributed by atoms with van der Waals surface area (Å²) in [5, 5.41) is 0. The van der Waals surface area contributed by atoms with E-state index in [0.29, 0.717) is 0 Å². The standard InChI is InChI=1S/C3H8NPS/c1-2-5-4-6-3-1/h4-5H,1-3H2. The van der Waals surface area contributed by atoms with E-state index in [9.17, 15) is 0 Å². The third-order valence-electron chi connectivity index (χ3n) is 0.693. The third-order valence-corrected chi connectivity index (χ3v) is 2.94. The maximum absolute atomic E-state index is 3.23. The largest absolute Gasteiger partial charge is 0.245 e. The molecule has 1 rings (SSSR count). The van der Waals surface area contributed by atoms with Gasteiger partial charge in [0.05, 0.1) is 0 Å². The molecule has 1 heterocycles. The molecule has 1 aliphatic rings. The average Bonchev–Trinajstić information content (AvgIpc) is 1.72. The smallest absolute Gasteiger partial charge is 0.00851 e. The summed E-state index contributed by atoms with van der Waals surface area (Å²) < 4.78 is 3.23. The molecule has 1 nitrogen and oxygen atoms in total. The van der Waals surface area contributed by atoms with E-state index in [2.05, 4.69) is 4.49 Å². The van der Waals surface area contributed by atoms with Crippen molar-refractivity contribution in [3.8, 4) is 0 Å². The number of hydrogen-bond donors (Lipinski definition) is 1. The van der Waals surface area contributed by atoms with E-state index >= 15 is 0 Å². The van der Waals surface area contributed by atoms with Crippen LogP contribution in [0.4, 0.5) is 0 Å². The first-order chi connectivity index (χ1) is 3.00. The first-order valence-electron chi connectivity index (χ1n) is 2.10. The third kappa shape index (κ3) is 1.46. The molecule has 0 aromatic carbocycles. The van der Waals surface area contributed by atoms with Gasteiger partial charge < -0.3 is 0 Å². The Bertz CT molecular complexity index is 26.3. The van der Waals surface area contributed by atoms with Gasteiger partial charge >= 0.3 is 0 Å². The normalized spacial score (nSPS) is 28.0. The Hall–Kier alpha value is 0.740. The van der Waals surface area contributed by atoms with Gasteiger partial charge in [-0.15, -0.1) is 0 Å². The van der Waals surface area contributed by atoms with E-state index in [0.717, 1.165) is 8.73 Å². The van der Waals surface area contributed by atoms with Gasteiger partial charge in [-0.05, 0) is 21.3 Å². The lowest BCUT2D eigenvalue weighted by molar-refractivity contribution is 1.10. The summed E-state index contributed by atoms with van der Waals surface area (Å²) in [5.41, 5.74) is 0. The van der Waals surface area contributed by atoms with Gasteiger partial charge in [0.15, 0.2) is 0 Å². The maximum atomic E-state index is 3.23. The van der Waals surface area contributed by atoms with Gasteiger partial charge in [-0.1, -0.05) is 11.9 Å². The fraction of sp³-hybridized carbons (Fsp3) is 1.00. The Kier molecular flexibility index (Phi) is 2.31. The Morgan fingerprint density at radius 1 is 1.67 bits per heavy atom. The fourth-order valence-electron chi connectivity index (χ4n) is 0.386. The Morgan fingerprint density at radius 2 is 2.67 bits per heavy atom. The van der Waals surface area contributed by atoms with Gasteiger partial charge in [-0.2, -0.15) is 0 Å². The summed E-state index contributed by atoms with van der Waals surface area (Å²) in [7, 11) is 1.01. The molecule has 3 heteroatoms. The van der Waals surface area contributed by atoms with Crippen molar-refractivity contribution >= 4 is 20.7 Å². The predicted octanol–water partition coefficient (Wildman–Crippen LogP) is 1.22. The van der Waals surface area contributed by atoms with E-state index in [4.69, 9.17) is 0 Å². The molecule has 0 aliphatic carbocycles. The molecule has 1 unspecified atom stereocenters. The zero-order valence-corrected chi connectivity index (χ0v) is 5.35. The molecule has 1 saturated heterocycles. The minimum atomic E-state index is 1.01. The van der Waals surface area contributed by atoms with Crippen molar-refractivity contribution in [2.24, 2.45) is 0 Å². The molecule has 1 N–H and O–H groups in total. The molecule has 1 aliphatic heterocycles. The average molecular weight is 121 g/mol. The quantitative estimate of drug-likeness (QED) is 0.382. The van der Waals surface area contributed by atoms with Crippen molar-refractivity contribution in [3.05, 3.63) is 0 Å². The molecule has 0 amide bonds. The zero-order valence-electron chi connectivity index (χ0n) is 3.53. The number of rotatable bonds is 0. The van der Waals surface area contributed by atoms with Crippen LogP contribution in [0.5, 0.6) is 0 Å². The van der Waals surface area contributed by atoms with Crippen molar-refractivity contribution in [2.75, 3.05) is 11.9 Å². The molecule has 0 bridgehead atoms. The molecular formula is C3H8NPS. The van der Waals surface area contributed by atoms with Crippen LogP contribution in [-0.2, 0) is 0 Å². The zero-order chi connectivity index (χ0) is 4.24. The molecule has 1 fully saturated rings. The van der Waals surface area contributed by atoms with E-state index in [1.807, 2.05) is 11.9 Å². The van der Waals surface area contributed by atoms with Crippen LogP contribution in [0, 0.1) is 0 Å². The van der Waals surface area contributed by atoms with Crippen molar-refractivity contribution in [1.82, 2.24) is 4.49 Å². The van der Waals surface area contributed by atoms with E-state index < -0.39 is 0 Å². The van der Waals surface area contributed by atoms with Gasteiger partial charge in [0.2, 0.25) is 0 Å². The molecule has 0 spiro atoms. The summed E-state index contributed by atoms with van der Waals surface area (Å²) >= 11 is 1.86. The molecule has 0 saturated carbocycles. The highest BCUT2D eigenvalue weighted by molar-refractivity contribution is 8.01. The number of hydrogen-bond acceptors (Lipinski definition) is 2. The monoisotopic (exact) mass is 121 g/mol. The summed E-state index contributed by atoms with van der Waals surface area (Å²) in [5.74, 6) is 1.31. The summed E-state index contributed by atoms with van der Waals surface area (Å²) in [6, 6.07) is 0. The second kappa shape index (κ2) is 2.84. The van der Waals surface area contributed by atoms with Crippen molar-refractivity contribution in [3.63, 3.8) is 0 Å². The van der Waals surface area contributed by atoms with Gasteiger partial charge in [0, 0.05) is 5.75 Å². The first-order valence-corrected chi connectivity index (χ1v) is 4.29. The SMILES string of the molecule is C1CPNSC1. The van der Waals surface area contributed by atoms with Crippen molar-refractivity contribution < 1.29 is 0 Å². The molecule has 36 valence electrons. The molecule has 6 heavy (non-hydrogen) atoms. The van der Waals surface area contributed by atoms with Gasteiger partial charge in [-0.25, -0.2) is 4.49 Å². The fourth-order valence-corrected chi connectivity index (χ4v) is 2.51. The van der Waals surface area contributed by atoms with Crippen LogP contribution >= 0.6 is 20.7 Å². The van der Waals surface area contributed by atoms with Crippen LogP contribution in [0.1, 0.15) is 6.42 Å². The maximum Gasteiger partial charge on any atom is 0.00851 e. The highest BCUT2D eigenvalue weighted by Crippen LogP contribution is 2.18. The predicted molar refractivity (Wildman–Crippen MR) is 33.4 cm³/mol. The van der Waals surface area contributed by atoms with Gasteiger partial charge in [0.1, 0.15) is 0 Å². The topological polar surface area (TPSA) is 12.0 Å². The summed E-state index contributed by atoms with van der Waals surface area (Å²) in [4.78, 5) is 0. The van der Waals surface area contributed by atoms with Crippen molar-refractivity contribution in [1.29, 1.82) is 0 Å². The highest BCUT2D eigenvalue weighted by atomic mass is 32.2. The Morgan fingerprint density at radius 3 is 2.83 bits per heavy atom. The van der Waals surface area contributed by atoms with Gasteiger partial charge in [0.25, 0.3) is 0 Å². The Balaban J connectivity index is 2.00. The number of nitrogens with one attached hydrogen (secondary N) is 1. The van der Waals surface area contributed by atoms with Crippen LogP contribution in [0.3, 0.4) is 0 Å². The molecular weight excluding hydrogens is 113 g/mol. The summed E-state index contributed by atoms with van der Waals surface area (Å²) in [6.07, 6.45) is 2.81. The minimum Gasteiger partial charge on any atom is -0.245 e. The molecule has 1 atom stereocenters. The van der Waals surface area contributed by atoms with Crippen LogP contribution in [-0.4, -0.2) is 11.9 Å². The van der Waals surface area contributed by atoms with Gasteiger partial charge in [-0.3, -0.25) is 0 Å². The van der Waals surface area contributed by atoms with Crippen LogP contribution in [0.25, 0.3) is 0 Å². The summed E-state index contributed by atoms with van der Waals surface area (Å²) in [6.45, 7) is 0. The molecule has 0 aromatic rings. The highest BCUT2D eigenvalue weighted by Gasteiger charge is 1.94. The lowest BCUT2D eigenvalue weighted by Crippen LogP contribution is -1.99. The van der Waals surface area contributed by atoms with E-state index in [-0.39, 0.29) is 0 Å². The molecule has 0 aromatic heterocycles. The lowest BCUT2D eigenvalue weighted by Gasteiger charge is -2.07. The Labute approximate surface area is 44.2 Å². The first kappa shape index (κ1) is 4.89. The van der Waals surface area contributed by atoms with Crippen molar-refractivity contribution in [2.45, 2.75) is 6.42 Å². The molecule has 0 radical (unpaired) electrons. The van der Waals surface area contributed by atoms with E-state index in [1.165, 1.54) is 18.3 Å². The van der Waals surface area contributed by atoms with E-state index in [1.54, 1.807) is 0 Å².